The largest absolute Gasteiger partial charge is 0.493 e. The first-order valence-corrected chi connectivity index (χ1v) is 5.86. The Kier molecular flexibility index (Phi) is 5.88. The van der Waals surface area contributed by atoms with E-state index in [4.69, 9.17) is 9.84 Å². The maximum atomic E-state index is 8.54. The van der Waals surface area contributed by atoms with Crippen LogP contribution in [0, 0.1) is 0 Å². The molecule has 0 bridgehead atoms. The van der Waals surface area contributed by atoms with Gasteiger partial charge in [-0.25, -0.2) is 0 Å². The Morgan fingerprint density at radius 3 is 3.00 bits per heavy atom. The van der Waals surface area contributed by atoms with Gasteiger partial charge in [0.15, 0.2) is 0 Å². The van der Waals surface area contributed by atoms with Crippen LogP contribution in [0.2, 0.25) is 0 Å². The lowest BCUT2D eigenvalue weighted by Crippen LogP contribution is -2.11. The van der Waals surface area contributed by atoms with Crippen LogP contribution in [0.5, 0.6) is 5.75 Å². The minimum atomic E-state index is 0.0737. The molecule has 0 saturated heterocycles. The van der Waals surface area contributed by atoms with Gasteiger partial charge in [-0.05, 0) is 46.6 Å². The second-order valence-corrected chi connectivity index (χ2v) is 3.87. The normalized spacial score (nSPS) is 10.7. The summed E-state index contributed by atoms with van der Waals surface area (Å²) in [6, 6.07) is 5.73. The van der Waals surface area contributed by atoms with Crippen molar-refractivity contribution in [3.8, 4) is 5.75 Å². The molecule has 2 N–H and O–H groups in total. The minimum absolute atomic E-state index is 0.0737. The van der Waals surface area contributed by atoms with Gasteiger partial charge in [-0.3, -0.25) is 0 Å². The molecule has 1 aromatic rings. The Balaban J connectivity index is 2.62. The molecule has 0 atom stereocenters. The van der Waals surface area contributed by atoms with Crippen LogP contribution in [-0.2, 0) is 0 Å². The van der Waals surface area contributed by atoms with Crippen molar-refractivity contribution in [2.75, 3.05) is 19.8 Å². The molecule has 0 aliphatic carbocycles. The van der Waals surface area contributed by atoms with Gasteiger partial charge in [0.2, 0.25) is 0 Å². The smallest absolute Gasteiger partial charge is 0.133 e. The molecule has 4 nitrogen and oxygen atoms in total. The first kappa shape index (κ1) is 13.0. The molecule has 0 amide bonds. The fourth-order valence-electron chi connectivity index (χ4n) is 1.10. The van der Waals surface area contributed by atoms with Gasteiger partial charge in [-0.15, -0.1) is 0 Å². The number of nitrogens with zero attached hydrogens (tertiary/aromatic N) is 1. The zero-order valence-corrected chi connectivity index (χ0v) is 10.7. The topological polar surface area (TPSA) is 53.8 Å². The molecule has 0 radical (unpaired) electrons. The molecule has 16 heavy (non-hydrogen) atoms. The molecule has 88 valence electrons. The van der Waals surface area contributed by atoms with Gasteiger partial charge in [0.05, 0.1) is 30.4 Å². The monoisotopic (exact) mass is 286 g/mol. The summed E-state index contributed by atoms with van der Waals surface area (Å²) < 4.78 is 6.30. The van der Waals surface area contributed by atoms with Crippen LogP contribution in [0.1, 0.15) is 12.5 Å². The fraction of sp³-hybridized carbons (Fsp3) is 0.364. The molecular formula is C11H15BrN2O2. The maximum Gasteiger partial charge on any atom is 0.133 e. The molecule has 0 saturated carbocycles. The predicted molar refractivity (Wildman–Crippen MR) is 68.0 cm³/mol. The molecule has 0 spiro atoms. The summed E-state index contributed by atoms with van der Waals surface area (Å²) in [7, 11) is 0. The van der Waals surface area contributed by atoms with E-state index in [0.717, 1.165) is 15.8 Å². The summed E-state index contributed by atoms with van der Waals surface area (Å²) in [6.45, 7) is 3.11. The van der Waals surface area contributed by atoms with Crippen LogP contribution >= 0.6 is 15.9 Å². The van der Waals surface area contributed by atoms with Crippen molar-refractivity contribution in [1.82, 2.24) is 5.43 Å². The number of hydrazone groups is 1. The van der Waals surface area contributed by atoms with Crippen molar-refractivity contribution in [3.05, 3.63) is 28.2 Å². The Morgan fingerprint density at radius 1 is 1.56 bits per heavy atom. The van der Waals surface area contributed by atoms with Crippen molar-refractivity contribution < 1.29 is 9.84 Å². The Morgan fingerprint density at radius 2 is 2.38 bits per heavy atom. The number of hydrogen-bond acceptors (Lipinski definition) is 4. The standard InChI is InChI=1S/C11H15BrN2O2/c1-2-16-11-4-3-9(7-10(11)12)8-14-13-5-6-15/h3-4,7-8,13,15H,2,5-6H2,1H3. The summed E-state index contributed by atoms with van der Waals surface area (Å²) in [6.07, 6.45) is 1.69. The van der Waals surface area contributed by atoms with Crippen molar-refractivity contribution in [1.29, 1.82) is 0 Å². The van der Waals surface area contributed by atoms with Gasteiger partial charge in [0.1, 0.15) is 5.75 Å². The number of nitrogens with one attached hydrogen (secondary N) is 1. The molecule has 0 heterocycles. The average molecular weight is 287 g/mol. The molecule has 0 fully saturated rings. The SMILES string of the molecule is CCOc1ccc(C=NNCCO)cc1Br. The molecular weight excluding hydrogens is 272 g/mol. The van der Waals surface area contributed by atoms with Crippen molar-refractivity contribution in [2.24, 2.45) is 5.10 Å². The van der Waals surface area contributed by atoms with Gasteiger partial charge < -0.3 is 15.3 Å². The van der Waals surface area contributed by atoms with Crippen LogP contribution in [0.3, 0.4) is 0 Å². The number of ether oxygens (including phenoxy) is 1. The zero-order valence-electron chi connectivity index (χ0n) is 9.11. The summed E-state index contributed by atoms with van der Waals surface area (Å²) in [5.74, 6) is 0.822. The highest BCUT2D eigenvalue weighted by atomic mass is 79.9. The highest BCUT2D eigenvalue weighted by molar-refractivity contribution is 9.10. The molecule has 1 rings (SSSR count). The maximum absolute atomic E-state index is 8.54. The van der Waals surface area contributed by atoms with Crippen LogP contribution in [0.15, 0.2) is 27.8 Å². The van der Waals surface area contributed by atoms with E-state index < -0.39 is 0 Å². The van der Waals surface area contributed by atoms with E-state index >= 15 is 0 Å². The summed E-state index contributed by atoms with van der Waals surface area (Å²) >= 11 is 3.42. The second kappa shape index (κ2) is 7.24. The van der Waals surface area contributed by atoms with Gasteiger partial charge >= 0.3 is 0 Å². The van der Waals surface area contributed by atoms with Crippen molar-refractivity contribution >= 4 is 22.1 Å². The van der Waals surface area contributed by atoms with E-state index in [9.17, 15) is 0 Å². The quantitative estimate of drug-likeness (QED) is 0.476. The first-order valence-electron chi connectivity index (χ1n) is 5.07. The minimum Gasteiger partial charge on any atom is -0.493 e. The summed E-state index contributed by atoms with van der Waals surface area (Å²) in [5, 5.41) is 12.5. The van der Waals surface area contributed by atoms with Crippen molar-refractivity contribution in [3.63, 3.8) is 0 Å². The predicted octanol–water partition coefficient (Wildman–Crippen LogP) is 1.76. The van der Waals surface area contributed by atoms with E-state index in [1.165, 1.54) is 0 Å². The third kappa shape index (κ3) is 4.20. The lowest BCUT2D eigenvalue weighted by atomic mass is 10.2. The fourth-order valence-corrected chi connectivity index (χ4v) is 1.62. The van der Waals surface area contributed by atoms with Crippen LogP contribution in [-0.4, -0.2) is 31.1 Å². The van der Waals surface area contributed by atoms with E-state index in [2.05, 4.69) is 26.5 Å². The molecule has 0 aromatic heterocycles. The third-order valence-corrected chi connectivity index (χ3v) is 2.40. The van der Waals surface area contributed by atoms with Gasteiger partial charge in [-0.2, -0.15) is 5.10 Å². The number of benzene rings is 1. The van der Waals surface area contributed by atoms with Crippen LogP contribution in [0.4, 0.5) is 0 Å². The zero-order chi connectivity index (χ0) is 11.8. The average Bonchev–Trinajstić information content (AvgIpc) is 2.28. The molecule has 0 aliphatic rings. The summed E-state index contributed by atoms with van der Waals surface area (Å²) in [5.41, 5.74) is 3.67. The Labute approximate surface area is 103 Å². The lowest BCUT2D eigenvalue weighted by molar-refractivity contribution is 0.294. The third-order valence-electron chi connectivity index (χ3n) is 1.78. The molecule has 1 aromatic carbocycles. The van der Waals surface area contributed by atoms with E-state index in [1.807, 2.05) is 25.1 Å². The van der Waals surface area contributed by atoms with E-state index in [-0.39, 0.29) is 6.61 Å². The molecule has 0 unspecified atom stereocenters. The first-order chi connectivity index (χ1) is 7.77. The van der Waals surface area contributed by atoms with Gasteiger partial charge in [0, 0.05) is 0 Å². The highest BCUT2D eigenvalue weighted by Crippen LogP contribution is 2.25. The van der Waals surface area contributed by atoms with Crippen LogP contribution < -0.4 is 10.2 Å². The van der Waals surface area contributed by atoms with Gasteiger partial charge in [-0.1, -0.05) is 0 Å². The van der Waals surface area contributed by atoms with E-state index in [1.54, 1.807) is 6.21 Å². The highest BCUT2D eigenvalue weighted by Gasteiger charge is 2.00. The number of halogens is 1. The van der Waals surface area contributed by atoms with Crippen molar-refractivity contribution in [2.45, 2.75) is 6.92 Å². The Bertz CT molecular complexity index is 356. The van der Waals surface area contributed by atoms with Gasteiger partial charge in [0.25, 0.3) is 0 Å². The lowest BCUT2D eigenvalue weighted by Gasteiger charge is -2.05. The number of aliphatic hydroxyl groups is 1. The van der Waals surface area contributed by atoms with Crippen LogP contribution in [0.25, 0.3) is 0 Å². The number of rotatable bonds is 6. The second-order valence-electron chi connectivity index (χ2n) is 3.01. The van der Waals surface area contributed by atoms with E-state index in [0.29, 0.717) is 13.2 Å². The molecule has 5 heteroatoms. The number of hydrogen-bond donors (Lipinski definition) is 2. The summed E-state index contributed by atoms with van der Waals surface area (Å²) in [4.78, 5) is 0. The molecule has 0 aliphatic heterocycles. The Hall–Kier alpha value is -1.07. The number of aliphatic hydroxyl groups excluding tert-OH is 1.